The highest BCUT2D eigenvalue weighted by Crippen LogP contribution is 2.12. The Balaban J connectivity index is 2.56. The monoisotopic (exact) mass is 294 g/mol. The minimum absolute atomic E-state index is 0.00639. The van der Waals surface area contributed by atoms with Gasteiger partial charge in [-0.05, 0) is 19.1 Å². The maximum atomic E-state index is 12.3. The SMILES string of the molecule is CCC(=O)n1ccn(S(=O)(=O)c2ccc(C)cc2)c1=O. The average molecular weight is 294 g/mol. The van der Waals surface area contributed by atoms with Crippen LogP contribution in [0.3, 0.4) is 0 Å². The van der Waals surface area contributed by atoms with Crippen LogP contribution in [0.2, 0.25) is 0 Å². The smallest absolute Gasteiger partial charge is 0.274 e. The minimum Gasteiger partial charge on any atom is -0.274 e. The van der Waals surface area contributed by atoms with Crippen LogP contribution in [0.4, 0.5) is 0 Å². The van der Waals surface area contributed by atoms with Gasteiger partial charge in [-0.15, -0.1) is 0 Å². The zero-order valence-electron chi connectivity index (χ0n) is 11.1. The second-order valence-corrected chi connectivity index (χ2v) is 6.13. The van der Waals surface area contributed by atoms with E-state index in [2.05, 4.69) is 0 Å². The molecule has 1 aromatic carbocycles. The standard InChI is InChI=1S/C13H14N2O4S/c1-3-12(16)14-8-9-15(13(14)17)20(18,19)11-6-4-10(2)5-7-11/h4-9H,3H2,1-2H3. The van der Waals surface area contributed by atoms with Crippen molar-refractivity contribution in [1.29, 1.82) is 0 Å². The van der Waals surface area contributed by atoms with Crippen molar-refractivity contribution in [1.82, 2.24) is 8.54 Å². The highest BCUT2D eigenvalue weighted by molar-refractivity contribution is 7.90. The predicted molar refractivity (Wildman–Crippen MR) is 73.4 cm³/mol. The quantitative estimate of drug-likeness (QED) is 0.853. The molecule has 0 aliphatic carbocycles. The number of hydrogen-bond donors (Lipinski definition) is 0. The predicted octanol–water partition coefficient (Wildman–Crippen LogP) is 1.25. The maximum absolute atomic E-state index is 12.3. The Bertz CT molecular complexity index is 798. The average Bonchev–Trinajstić information content (AvgIpc) is 2.81. The molecule has 0 bridgehead atoms. The van der Waals surface area contributed by atoms with E-state index in [1.807, 2.05) is 6.92 Å². The lowest BCUT2D eigenvalue weighted by Gasteiger charge is -2.04. The molecule has 0 radical (unpaired) electrons. The summed E-state index contributed by atoms with van der Waals surface area (Å²) in [6.45, 7) is 3.43. The molecule has 1 heterocycles. The molecular formula is C13H14N2O4S. The van der Waals surface area contributed by atoms with Crippen LogP contribution >= 0.6 is 0 Å². The molecule has 0 saturated heterocycles. The number of imidazole rings is 1. The Labute approximate surface area is 116 Å². The van der Waals surface area contributed by atoms with Crippen molar-refractivity contribution in [2.24, 2.45) is 0 Å². The fourth-order valence-corrected chi connectivity index (χ4v) is 2.94. The zero-order chi connectivity index (χ0) is 14.9. The van der Waals surface area contributed by atoms with Crippen LogP contribution in [-0.4, -0.2) is 22.9 Å². The molecule has 0 spiro atoms. The molecule has 0 saturated carbocycles. The van der Waals surface area contributed by atoms with Gasteiger partial charge in [0.15, 0.2) is 0 Å². The number of hydrogen-bond acceptors (Lipinski definition) is 4. The molecule has 0 fully saturated rings. The van der Waals surface area contributed by atoms with E-state index in [0.29, 0.717) is 3.97 Å². The number of aromatic nitrogens is 2. The lowest BCUT2D eigenvalue weighted by Crippen LogP contribution is -2.32. The van der Waals surface area contributed by atoms with E-state index in [-0.39, 0.29) is 11.3 Å². The highest BCUT2D eigenvalue weighted by Gasteiger charge is 2.21. The van der Waals surface area contributed by atoms with Gasteiger partial charge in [0.25, 0.3) is 10.0 Å². The van der Waals surface area contributed by atoms with Crippen LogP contribution in [0.15, 0.2) is 46.3 Å². The first-order chi connectivity index (χ1) is 9.37. The van der Waals surface area contributed by atoms with Crippen LogP contribution in [0, 0.1) is 6.92 Å². The highest BCUT2D eigenvalue weighted by atomic mass is 32.2. The number of aryl methyl sites for hydroxylation is 1. The third-order valence-corrected chi connectivity index (χ3v) is 4.56. The van der Waals surface area contributed by atoms with Gasteiger partial charge in [0.2, 0.25) is 5.91 Å². The van der Waals surface area contributed by atoms with Gasteiger partial charge >= 0.3 is 5.69 Å². The molecule has 0 aliphatic rings. The van der Waals surface area contributed by atoms with Crippen LogP contribution < -0.4 is 5.69 Å². The Hall–Kier alpha value is -2.15. The summed E-state index contributed by atoms with van der Waals surface area (Å²) in [6, 6.07) is 6.14. The lowest BCUT2D eigenvalue weighted by molar-refractivity contribution is 0.0904. The van der Waals surface area contributed by atoms with Crippen LogP contribution in [-0.2, 0) is 10.0 Å². The molecule has 1 aromatic heterocycles. The van der Waals surface area contributed by atoms with E-state index in [1.54, 1.807) is 19.1 Å². The minimum atomic E-state index is -3.98. The van der Waals surface area contributed by atoms with Gasteiger partial charge in [0, 0.05) is 18.8 Å². The first kappa shape index (κ1) is 14.3. The fourth-order valence-electron chi connectivity index (χ4n) is 1.73. The van der Waals surface area contributed by atoms with E-state index in [1.165, 1.54) is 18.3 Å². The van der Waals surface area contributed by atoms with Crippen molar-refractivity contribution in [2.75, 3.05) is 0 Å². The van der Waals surface area contributed by atoms with E-state index in [0.717, 1.165) is 16.3 Å². The van der Waals surface area contributed by atoms with Gasteiger partial charge in [-0.2, -0.15) is 3.97 Å². The number of nitrogens with zero attached hydrogens (tertiary/aromatic N) is 2. The van der Waals surface area contributed by atoms with Crippen molar-refractivity contribution < 1.29 is 13.2 Å². The molecule has 0 aliphatic heterocycles. The summed E-state index contributed by atoms with van der Waals surface area (Å²) >= 11 is 0. The number of carbonyl (C=O) groups excluding carboxylic acids is 1. The molecular weight excluding hydrogens is 280 g/mol. The third kappa shape index (κ3) is 2.32. The Morgan fingerprint density at radius 3 is 2.30 bits per heavy atom. The molecule has 6 nitrogen and oxygen atoms in total. The van der Waals surface area contributed by atoms with E-state index < -0.39 is 21.6 Å². The van der Waals surface area contributed by atoms with Crippen molar-refractivity contribution >= 4 is 15.9 Å². The molecule has 0 atom stereocenters. The largest absolute Gasteiger partial charge is 0.349 e. The van der Waals surface area contributed by atoms with Gasteiger partial charge in [-0.25, -0.2) is 17.8 Å². The van der Waals surface area contributed by atoms with Crippen molar-refractivity contribution in [3.63, 3.8) is 0 Å². The van der Waals surface area contributed by atoms with E-state index in [9.17, 15) is 18.0 Å². The van der Waals surface area contributed by atoms with Gasteiger partial charge < -0.3 is 0 Å². The van der Waals surface area contributed by atoms with E-state index >= 15 is 0 Å². The maximum Gasteiger partial charge on any atom is 0.349 e. The van der Waals surface area contributed by atoms with Crippen molar-refractivity contribution in [2.45, 2.75) is 25.2 Å². The Morgan fingerprint density at radius 1 is 1.15 bits per heavy atom. The summed E-state index contributed by atoms with van der Waals surface area (Å²) in [6.07, 6.45) is 2.37. The Morgan fingerprint density at radius 2 is 1.75 bits per heavy atom. The van der Waals surface area contributed by atoms with Gasteiger partial charge in [-0.3, -0.25) is 4.79 Å². The summed E-state index contributed by atoms with van der Waals surface area (Å²) in [4.78, 5) is 23.5. The molecule has 0 amide bonds. The first-order valence-corrected chi connectivity index (χ1v) is 7.47. The molecule has 7 heteroatoms. The summed E-state index contributed by atoms with van der Waals surface area (Å²) in [5.74, 6) is -0.451. The van der Waals surface area contributed by atoms with Crippen molar-refractivity contribution in [3.8, 4) is 0 Å². The molecule has 0 unspecified atom stereocenters. The normalized spacial score (nSPS) is 11.5. The molecule has 2 rings (SSSR count). The second-order valence-electron chi connectivity index (χ2n) is 4.31. The van der Waals surface area contributed by atoms with Crippen LogP contribution in [0.1, 0.15) is 23.7 Å². The van der Waals surface area contributed by atoms with Gasteiger partial charge in [-0.1, -0.05) is 24.6 Å². The molecule has 0 N–H and O–H groups in total. The third-order valence-electron chi connectivity index (χ3n) is 2.89. The van der Waals surface area contributed by atoms with Gasteiger partial charge in [0.1, 0.15) is 0 Å². The molecule has 2 aromatic rings. The Kier molecular flexibility index (Phi) is 3.63. The first-order valence-electron chi connectivity index (χ1n) is 6.03. The summed E-state index contributed by atoms with van der Waals surface area (Å²) < 4.78 is 26.0. The molecule has 20 heavy (non-hydrogen) atoms. The fraction of sp³-hybridized carbons (Fsp3) is 0.231. The van der Waals surface area contributed by atoms with Crippen LogP contribution in [0.5, 0.6) is 0 Å². The summed E-state index contributed by atoms with van der Waals surface area (Å²) in [5.41, 5.74) is 0.0347. The topological polar surface area (TPSA) is 78.1 Å². The van der Waals surface area contributed by atoms with Crippen molar-refractivity contribution in [3.05, 3.63) is 52.7 Å². The summed E-state index contributed by atoms with van der Waals surface area (Å²) in [5, 5.41) is 0. The lowest BCUT2D eigenvalue weighted by atomic mass is 10.2. The number of rotatable bonds is 3. The van der Waals surface area contributed by atoms with Gasteiger partial charge in [0.05, 0.1) is 4.90 Å². The number of benzene rings is 1. The van der Waals surface area contributed by atoms with Crippen LogP contribution in [0.25, 0.3) is 0 Å². The molecule has 106 valence electrons. The zero-order valence-corrected chi connectivity index (χ0v) is 11.9. The number of carbonyl (C=O) groups is 1. The second kappa shape index (κ2) is 5.09. The van der Waals surface area contributed by atoms with E-state index in [4.69, 9.17) is 0 Å². The summed E-state index contributed by atoms with van der Waals surface area (Å²) in [7, 11) is -3.98.